The summed E-state index contributed by atoms with van der Waals surface area (Å²) in [6, 6.07) is 8.92. The second kappa shape index (κ2) is 7.37. The lowest BCUT2D eigenvalue weighted by molar-refractivity contribution is -0.143. The molecule has 0 unspecified atom stereocenters. The number of benzene rings is 1. The van der Waals surface area contributed by atoms with E-state index in [4.69, 9.17) is 15.2 Å². The largest absolute Gasteiger partial charge is 0.497 e. The monoisotopic (exact) mass is 384 g/mol. The summed E-state index contributed by atoms with van der Waals surface area (Å²) in [5.74, 6) is 0.471. The van der Waals surface area contributed by atoms with Crippen LogP contribution in [0.1, 0.15) is 32.4 Å². The molecule has 0 spiro atoms. The van der Waals surface area contributed by atoms with E-state index in [1.807, 2.05) is 24.3 Å². The van der Waals surface area contributed by atoms with Gasteiger partial charge in [0, 0.05) is 0 Å². The number of carbonyl (C=O) groups is 1. The predicted molar refractivity (Wildman–Crippen MR) is 103 cm³/mol. The number of thioether (sulfide) groups is 1. The second-order valence-electron chi connectivity index (χ2n) is 6.32. The van der Waals surface area contributed by atoms with E-state index in [0.29, 0.717) is 27.1 Å². The van der Waals surface area contributed by atoms with Gasteiger partial charge in [0.15, 0.2) is 5.17 Å². The fourth-order valence-electron chi connectivity index (χ4n) is 3.01. The Hall–Kier alpha value is -2.92. The molecule has 1 aromatic rings. The number of aliphatic imine (C=N–C) groups is 1. The van der Waals surface area contributed by atoms with Crippen LogP contribution < -0.4 is 10.5 Å². The number of carbonyl (C=O) groups excluding carboxylic acids is 1. The number of ether oxygens (including phenoxy) is 2. The minimum atomic E-state index is -0.558. The minimum Gasteiger partial charge on any atom is -0.497 e. The molecule has 140 valence electrons. The van der Waals surface area contributed by atoms with Crippen LogP contribution >= 0.6 is 11.8 Å². The van der Waals surface area contributed by atoms with E-state index in [0.717, 1.165) is 5.56 Å². The van der Waals surface area contributed by atoms with Crippen molar-refractivity contribution in [2.24, 2.45) is 10.7 Å². The molecule has 0 aliphatic carbocycles. The number of methoxy groups -OCH3 is 1. The molecule has 1 aromatic carbocycles. The lowest BCUT2D eigenvalue weighted by atomic mass is 9.94. The van der Waals surface area contributed by atoms with E-state index in [9.17, 15) is 10.1 Å². The predicted octanol–water partition coefficient (Wildman–Crippen LogP) is 3.03. The van der Waals surface area contributed by atoms with Gasteiger partial charge in [-0.2, -0.15) is 5.26 Å². The molecule has 1 atom stereocenters. The summed E-state index contributed by atoms with van der Waals surface area (Å²) in [5.41, 5.74) is 7.95. The SMILES string of the molecule is COc1cccc([C@H]2C(C(=O)OC(C)C)=C(C)N=C3SC(C#N)=C(N)N32)c1. The second-order valence-corrected chi connectivity index (χ2v) is 7.30. The summed E-state index contributed by atoms with van der Waals surface area (Å²) in [4.78, 5) is 19.4. The molecule has 0 bridgehead atoms. The maximum Gasteiger partial charge on any atom is 0.338 e. The van der Waals surface area contributed by atoms with Crippen LogP contribution in [0.3, 0.4) is 0 Å². The number of rotatable bonds is 4. The Bertz CT molecular complexity index is 927. The summed E-state index contributed by atoms with van der Waals surface area (Å²) >= 11 is 1.19. The van der Waals surface area contributed by atoms with Crippen LogP contribution in [0.5, 0.6) is 5.75 Å². The van der Waals surface area contributed by atoms with Crippen LogP contribution in [0.4, 0.5) is 0 Å². The number of nitriles is 1. The number of nitrogens with two attached hydrogens (primary N) is 1. The maximum absolute atomic E-state index is 12.9. The molecule has 0 saturated carbocycles. The molecule has 0 saturated heterocycles. The van der Waals surface area contributed by atoms with Crippen molar-refractivity contribution in [3.8, 4) is 11.8 Å². The van der Waals surface area contributed by atoms with Crippen molar-refractivity contribution in [3.05, 3.63) is 51.8 Å². The molecule has 2 N–H and O–H groups in total. The van der Waals surface area contributed by atoms with E-state index >= 15 is 0 Å². The van der Waals surface area contributed by atoms with Crippen LogP contribution in [0.15, 0.2) is 51.3 Å². The van der Waals surface area contributed by atoms with Crippen LogP contribution in [0, 0.1) is 11.3 Å². The van der Waals surface area contributed by atoms with Crippen LogP contribution in [-0.4, -0.2) is 29.3 Å². The molecule has 7 nitrogen and oxygen atoms in total. The third kappa shape index (κ3) is 3.38. The van der Waals surface area contributed by atoms with Crippen molar-refractivity contribution in [1.82, 2.24) is 4.90 Å². The Balaban J connectivity index is 2.18. The van der Waals surface area contributed by atoms with Crippen LogP contribution in [0.2, 0.25) is 0 Å². The number of hydrogen-bond acceptors (Lipinski definition) is 8. The number of esters is 1. The molecule has 0 amide bonds. The number of nitrogens with zero attached hydrogens (tertiary/aromatic N) is 3. The van der Waals surface area contributed by atoms with Crippen molar-refractivity contribution in [2.75, 3.05) is 7.11 Å². The summed E-state index contributed by atoms with van der Waals surface area (Å²) < 4.78 is 10.8. The molecule has 0 fully saturated rings. The molecule has 2 aliphatic heterocycles. The Labute approximate surface area is 162 Å². The molecule has 27 heavy (non-hydrogen) atoms. The van der Waals surface area contributed by atoms with Gasteiger partial charge in [-0.1, -0.05) is 12.1 Å². The van der Waals surface area contributed by atoms with E-state index in [-0.39, 0.29) is 11.9 Å². The minimum absolute atomic E-state index is 0.273. The molecular weight excluding hydrogens is 364 g/mol. The Morgan fingerprint density at radius 1 is 1.44 bits per heavy atom. The van der Waals surface area contributed by atoms with Crippen LogP contribution in [0.25, 0.3) is 0 Å². The van der Waals surface area contributed by atoms with Crippen molar-refractivity contribution < 1.29 is 14.3 Å². The Morgan fingerprint density at radius 3 is 2.81 bits per heavy atom. The van der Waals surface area contributed by atoms with Crippen molar-refractivity contribution in [3.63, 3.8) is 0 Å². The van der Waals surface area contributed by atoms with Gasteiger partial charge in [-0.15, -0.1) is 0 Å². The zero-order chi connectivity index (χ0) is 19.7. The highest BCUT2D eigenvalue weighted by molar-refractivity contribution is 8.17. The molecule has 2 heterocycles. The lowest BCUT2D eigenvalue weighted by Crippen LogP contribution is -2.39. The van der Waals surface area contributed by atoms with Gasteiger partial charge < -0.3 is 15.2 Å². The van der Waals surface area contributed by atoms with Gasteiger partial charge in [0.2, 0.25) is 0 Å². The molecule has 8 heteroatoms. The molecule has 0 radical (unpaired) electrons. The van der Waals surface area contributed by atoms with Gasteiger partial charge in [-0.3, -0.25) is 4.90 Å². The fraction of sp³-hybridized carbons (Fsp3) is 0.316. The Kier molecular flexibility index (Phi) is 5.15. The van der Waals surface area contributed by atoms with E-state index in [2.05, 4.69) is 11.1 Å². The smallest absolute Gasteiger partial charge is 0.338 e. The van der Waals surface area contributed by atoms with Gasteiger partial charge in [0.05, 0.1) is 30.5 Å². The Morgan fingerprint density at radius 2 is 2.19 bits per heavy atom. The molecule has 0 aromatic heterocycles. The number of amidine groups is 1. The molecule has 3 rings (SSSR count). The highest BCUT2D eigenvalue weighted by Gasteiger charge is 2.42. The van der Waals surface area contributed by atoms with Gasteiger partial charge in [0.1, 0.15) is 22.5 Å². The average molecular weight is 384 g/mol. The normalized spacial score (nSPS) is 19.0. The first kappa shape index (κ1) is 18.9. The third-order valence-corrected chi connectivity index (χ3v) is 5.13. The number of allylic oxidation sites excluding steroid dienone is 2. The highest BCUT2D eigenvalue weighted by atomic mass is 32.2. The van der Waals surface area contributed by atoms with Gasteiger partial charge in [0.25, 0.3) is 0 Å². The lowest BCUT2D eigenvalue weighted by Gasteiger charge is -2.35. The highest BCUT2D eigenvalue weighted by Crippen LogP contribution is 2.45. The molecular formula is C19H20N4O3S. The molecule has 2 aliphatic rings. The standard InChI is InChI=1S/C19H20N4O3S/c1-10(2)26-18(24)15-11(3)22-19-23(17(21)14(9-20)27-19)16(15)12-6-5-7-13(8-12)25-4/h5-8,10,16H,21H2,1-4H3/t16-/m0/s1. The quantitative estimate of drug-likeness (QED) is 0.796. The summed E-state index contributed by atoms with van der Waals surface area (Å²) in [7, 11) is 1.58. The average Bonchev–Trinajstić information content (AvgIpc) is 2.95. The zero-order valence-corrected chi connectivity index (χ0v) is 16.3. The van der Waals surface area contributed by atoms with Gasteiger partial charge >= 0.3 is 5.97 Å². The summed E-state index contributed by atoms with van der Waals surface area (Å²) in [6.07, 6.45) is -0.273. The topological polar surface area (TPSA) is 101 Å². The van der Waals surface area contributed by atoms with Crippen molar-refractivity contribution in [2.45, 2.75) is 32.9 Å². The van der Waals surface area contributed by atoms with E-state index < -0.39 is 12.0 Å². The number of hydrogen-bond donors (Lipinski definition) is 1. The van der Waals surface area contributed by atoms with Crippen molar-refractivity contribution in [1.29, 1.82) is 5.26 Å². The number of fused-ring (bicyclic) bond motifs is 1. The first-order chi connectivity index (χ1) is 12.9. The van der Waals surface area contributed by atoms with Crippen molar-refractivity contribution >= 4 is 22.9 Å². The van der Waals surface area contributed by atoms with Gasteiger partial charge in [-0.25, -0.2) is 9.79 Å². The first-order valence-electron chi connectivity index (χ1n) is 8.38. The zero-order valence-electron chi connectivity index (χ0n) is 15.5. The summed E-state index contributed by atoms with van der Waals surface area (Å²) in [5, 5.41) is 9.93. The van der Waals surface area contributed by atoms with E-state index in [1.165, 1.54) is 11.8 Å². The fourth-order valence-corrected chi connectivity index (χ4v) is 3.92. The van der Waals surface area contributed by atoms with Crippen LogP contribution in [-0.2, 0) is 9.53 Å². The first-order valence-corrected chi connectivity index (χ1v) is 9.20. The maximum atomic E-state index is 12.9. The third-order valence-electron chi connectivity index (χ3n) is 4.15. The van der Waals surface area contributed by atoms with E-state index in [1.54, 1.807) is 32.8 Å². The van der Waals surface area contributed by atoms with Gasteiger partial charge in [-0.05, 0) is 50.2 Å². The summed E-state index contributed by atoms with van der Waals surface area (Å²) in [6.45, 7) is 5.34.